The Morgan fingerprint density at radius 3 is 2.33 bits per heavy atom. The number of carboxylic acid groups (broad SMARTS) is 1. The molecule has 3 N–H and O–H groups in total. The summed E-state index contributed by atoms with van der Waals surface area (Å²) < 4.78 is 0. The van der Waals surface area contributed by atoms with Crippen LogP contribution >= 0.6 is 11.6 Å². The highest BCUT2D eigenvalue weighted by molar-refractivity contribution is 6.30. The molecule has 0 aliphatic carbocycles. The van der Waals surface area contributed by atoms with Crippen molar-refractivity contribution in [2.45, 2.75) is 26.2 Å². The Morgan fingerprint density at radius 2 is 1.77 bits per heavy atom. The second-order valence-electron chi connectivity index (χ2n) is 7.13. The SMILES string of the molecule is Cc1cc(Cl)ccc1C(C/C(=N\O)c1c[nH]c(=O)c(C)c1)c1ccc(C(=O)O)cc1. The first kappa shape index (κ1) is 21.3. The van der Waals surface area contributed by atoms with Gasteiger partial charge in [0.1, 0.15) is 0 Å². The van der Waals surface area contributed by atoms with Crippen LogP contribution in [0.5, 0.6) is 0 Å². The zero-order valence-corrected chi connectivity index (χ0v) is 17.3. The molecule has 3 aromatic rings. The Kier molecular flexibility index (Phi) is 6.37. The number of hydrogen-bond donors (Lipinski definition) is 3. The number of aromatic carboxylic acids is 1. The largest absolute Gasteiger partial charge is 0.478 e. The van der Waals surface area contributed by atoms with Crippen molar-refractivity contribution in [2.75, 3.05) is 0 Å². The topological polar surface area (TPSA) is 103 Å². The Balaban J connectivity index is 2.07. The van der Waals surface area contributed by atoms with Gasteiger partial charge in [0.05, 0.1) is 11.3 Å². The zero-order chi connectivity index (χ0) is 21.8. The summed E-state index contributed by atoms with van der Waals surface area (Å²) in [6.07, 6.45) is 1.85. The predicted molar refractivity (Wildman–Crippen MR) is 116 cm³/mol. The molecule has 6 nitrogen and oxygen atoms in total. The van der Waals surface area contributed by atoms with Gasteiger partial charge in [-0.3, -0.25) is 4.79 Å². The van der Waals surface area contributed by atoms with Gasteiger partial charge in [0.2, 0.25) is 0 Å². The number of halogens is 1. The molecule has 1 heterocycles. The first-order chi connectivity index (χ1) is 14.3. The molecule has 2 aromatic carbocycles. The summed E-state index contributed by atoms with van der Waals surface area (Å²) in [5.41, 5.74) is 4.31. The summed E-state index contributed by atoms with van der Waals surface area (Å²) in [6, 6.07) is 13.9. The lowest BCUT2D eigenvalue weighted by Crippen LogP contribution is -2.15. The van der Waals surface area contributed by atoms with E-state index in [0.29, 0.717) is 28.3 Å². The molecule has 1 aromatic heterocycles. The van der Waals surface area contributed by atoms with Gasteiger partial charge in [0, 0.05) is 34.7 Å². The van der Waals surface area contributed by atoms with E-state index >= 15 is 0 Å². The van der Waals surface area contributed by atoms with Crippen molar-refractivity contribution in [1.82, 2.24) is 4.98 Å². The van der Waals surface area contributed by atoms with E-state index in [0.717, 1.165) is 16.7 Å². The molecule has 1 atom stereocenters. The molecule has 3 rings (SSSR count). The van der Waals surface area contributed by atoms with E-state index in [9.17, 15) is 19.9 Å². The molecule has 0 bridgehead atoms. The van der Waals surface area contributed by atoms with Crippen LogP contribution in [0.25, 0.3) is 0 Å². The number of oxime groups is 1. The fourth-order valence-corrected chi connectivity index (χ4v) is 3.70. The fraction of sp³-hybridized carbons (Fsp3) is 0.174. The molecular formula is C23H21ClN2O4. The first-order valence-electron chi connectivity index (χ1n) is 9.30. The van der Waals surface area contributed by atoms with Gasteiger partial charge in [-0.15, -0.1) is 0 Å². The maximum atomic E-state index is 11.7. The number of aromatic nitrogens is 1. The van der Waals surface area contributed by atoms with Gasteiger partial charge in [0.25, 0.3) is 5.56 Å². The number of aromatic amines is 1. The standard InChI is InChI=1S/C23H21ClN2O4/c1-13-10-18(24)7-8-19(13)20(15-3-5-16(6-4-15)23(28)29)11-21(26-30)17-9-14(2)22(27)25-12-17/h3-10,12,20,30H,11H2,1-2H3,(H,25,27)(H,28,29)/b26-21+. The summed E-state index contributed by atoms with van der Waals surface area (Å²) in [4.78, 5) is 25.6. The summed E-state index contributed by atoms with van der Waals surface area (Å²) in [5.74, 6) is -1.22. The van der Waals surface area contributed by atoms with E-state index in [1.165, 1.54) is 6.20 Å². The van der Waals surface area contributed by atoms with Crippen LogP contribution in [0.1, 0.15) is 50.5 Å². The molecule has 154 valence electrons. The third-order valence-electron chi connectivity index (χ3n) is 5.11. The molecular weight excluding hydrogens is 404 g/mol. The highest BCUT2D eigenvalue weighted by atomic mass is 35.5. The van der Waals surface area contributed by atoms with E-state index in [-0.39, 0.29) is 17.0 Å². The number of hydrogen-bond acceptors (Lipinski definition) is 4. The fourth-order valence-electron chi connectivity index (χ4n) is 3.47. The summed E-state index contributed by atoms with van der Waals surface area (Å²) in [5, 5.41) is 23.0. The van der Waals surface area contributed by atoms with Gasteiger partial charge in [0.15, 0.2) is 0 Å². The number of pyridine rings is 1. The summed E-state index contributed by atoms with van der Waals surface area (Å²) in [7, 11) is 0. The lowest BCUT2D eigenvalue weighted by atomic mass is 9.83. The van der Waals surface area contributed by atoms with Crippen LogP contribution < -0.4 is 5.56 Å². The second-order valence-corrected chi connectivity index (χ2v) is 7.57. The highest BCUT2D eigenvalue weighted by Crippen LogP contribution is 2.33. The van der Waals surface area contributed by atoms with E-state index in [1.807, 2.05) is 19.1 Å². The number of H-pyrrole nitrogens is 1. The number of carbonyl (C=O) groups is 1. The van der Waals surface area contributed by atoms with E-state index in [2.05, 4.69) is 10.1 Å². The van der Waals surface area contributed by atoms with Crippen molar-refractivity contribution in [3.05, 3.63) is 103 Å². The number of benzene rings is 2. The van der Waals surface area contributed by atoms with Crippen LogP contribution in [0.15, 0.2) is 64.7 Å². The maximum absolute atomic E-state index is 11.7. The molecule has 7 heteroatoms. The number of aryl methyl sites for hydroxylation is 2. The molecule has 0 amide bonds. The van der Waals surface area contributed by atoms with Crippen molar-refractivity contribution in [3.8, 4) is 0 Å². The molecule has 0 spiro atoms. The Morgan fingerprint density at radius 1 is 1.07 bits per heavy atom. The second kappa shape index (κ2) is 8.97. The molecule has 30 heavy (non-hydrogen) atoms. The molecule has 0 aliphatic rings. The van der Waals surface area contributed by atoms with Crippen molar-refractivity contribution in [3.63, 3.8) is 0 Å². The van der Waals surface area contributed by atoms with Crippen molar-refractivity contribution in [2.24, 2.45) is 5.16 Å². The third kappa shape index (κ3) is 4.60. The summed E-state index contributed by atoms with van der Waals surface area (Å²) in [6.45, 7) is 3.63. The van der Waals surface area contributed by atoms with Gasteiger partial charge < -0.3 is 15.3 Å². The maximum Gasteiger partial charge on any atom is 0.335 e. The molecule has 0 aliphatic heterocycles. The monoisotopic (exact) mass is 424 g/mol. The normalized spacial score (nSPS) is 12.6. The van der Waals surface area contributed by atoms with Crippen molar-refractivity contribution in [1.29, 1.82) is 0 Å². The van der Waals surface area contributed by atoms with Crippen LogP contribution in [0.2, 0.25) is 5.02 Å². The van der Waals surface area contributed by atoms with Crippen LogP contribution in [0, 0.1) is 13.8 Å². The lowest BCUT2D eigenvalue weighted by Gasteiger charge is -2.21. The highest BCUT2D eigenvalue weighted by Gasteiger charge is 2.21. The number of carboxylic acids is 1. The van der Waals surface area contributed by atoms with Crippen LogP contribution in [-0.2, 0) is 0 Å². The van der Waals surface area contributed by atoms with E-state index in [1.54, 1.807) is 43.3 Å². The molecule has 0 fully saturated rings. The van der Waals surface area contributed by atoms with Crippen molar-refractivity contribution < 1.29 is 15.1 Å². The minimum Gasteiger partial charge on any atom is -0.478 e. The Hall–Kier alpha value is -3.38. The Labute approximate surface area is 178 Å². The average molecular weight is 425 g/mol. The zero-order valence-electron chi connectivity index (χ0n) is 16.5. The number of nitrogens with zero attached hydrogens (tertiary/aromatic N) is 1. The van der Waals surface area contributed by atoms with Crippen molar-refractivity contribution >= 4 is 23.3 Å². The molecule has 0 radical (unpaired) electrons. The van der Waals surface area contributed by atoms with E-state index in [4.69, 9.17) is 11.6 Å². The average Bonchev–Trinajstić information content (AvgIpc) is 2.72. The van der Waals surface area contributed by atoms with Gasteiger partial charge in [-0.2, -0.15) is 0 Å². The van der Waals surface area contributed by atoms with Gasteiger partial charge >= 0.3 is 5.97 Å². The smallest absolute Gasteiger partial charge is 0.335 e. The molecule has 1 unspecified atom stereocenters. The van der Waals surface area contributed by atoms with Crippen LogP contribution in [0.3, 0.4) is 0 Å². The number of rotatable bonds is 6. The van der Waals surface area contributed by atoms with E-state index < -0.39 is 5.97 Å². The molecule has 0 saturated carbocycles. The summed E-state index contributed by atoms with van der Waals surface area (Å²) >= 11 is 6.12. The number of nitrogens with one attached hydrogen (secondary N) is 1. The third-order valence-corrected chi connectivity index (χ3v) is 5.34. The van der Waals surface area contributed by atoms with Crippen LogP contribution in [-0.4, -0.2) is 27.0 Å². The van der Waals surface area contributed by atoms with Crippen LogP contribution in [0.4, 0.5) is 0 Å². The van der Waals surface area contributed by atoms with Gasteiger partial charge in [-0.05, 0) is 60.9 Å². The molecule has 0 saturated heterocycles. The minimum absolute atomic E-state index is 0.192. The van der Waals surface area contributed by atoms with Gasteiger partial charge in [-0.25, -0.2) is 4.79 Å². The Bertz CT molecular complexity index is 1170. The predicted octanol–water partition coefficient (Wildman–Crippen LogP) is 4.74. The minimum atomic E-state index is -0.998. The quantitative estimate of drug-likeness (QED) is 0.302. The first-order valence-corrected chi connectivity index (χ1v) is 9.68. The van der Waals surface area contributed by atoms with Gasteiger partial charge in [-0.1, -0.05) is 35.0 Å². The lowest BCUT2D eigenvalue weighted by molar-refractivity contribution is 0.0697.